The Morgan fingerprint density at radius 1 is 1.12 bits per heavy atom. The molecular formula is C15H18O2. The summed E-state index contributed by atoms with van der Waals surface area (Å²) >= 11 is 0. The highest BCUT2D eigenvalue weighted by atomic mass is 16.5. The lowest BCUT2D eigenvalue weighted by molar-refractivity contribution is 0.132. The highest BCUT2D eigenvalue weighted by Gasteiger charge is 2.19. The van der Waals surface area contributed by atoms with Gasteiger partial charge in [-0.2, -0.15) is 0 Å². The van der Waals surface area contributed by atoms with Crippen LogP contribution in [0.15, 0.2) is 30.3 Å². The quantitative estimate of drug-likeness (QED) is 0.791. The van der Waals surface area contributed by atoms with E-state index >= 15 is 0 Å². The summed E-state index contributed by atoms with van der Waals surface area (Å²) < 4.78 is 5.25. The van der Waals surface area contributed by atoms with Crippen molar-refractivity contribution in [1.82, 2.24) is 0 Å². The fourth-order valence-corrected chi connectivity index (χ4v) is 2.21. The highest BCUT2D eigenvalue weighted by Crippen LogP contribution is 2.26. The van der Waals surface area contributed by atoms with Crippen LogP contribution in [0.1, 0.15) is 32.1 Å². The lowest BCUT2D eigenvalue weighted by Gasteiger charge is -2.22. The minimum atomic E-state index is -0.543. The van der Waals surface area contributed by atoms with E-state index in [1.54, 1.807) is 0 Å². The first-order valence-corrected chi connectivity index (χ1v) is 6.27. The van der Waals surface area contributed by atoms with Crippen molar-refractivity contribution < 1.29 is 9.84 Å². The summed E-state index contributed by atoms with van der Waals surface area (Å²) in [4.78, 5) is 0. The van der Waals surface area contributed by atoms with Crippen molar-refractivity contribution in [1.29, 1.82) is 0 Å². The topological polar surface area (TPSA) is 29.5 Å². The van der Waals surface area contributed by atoms with Gasteiger partial charge in [0.1, 0.15) is 18.0 Å². The van der Waals surface area contributed by atoms with Crippen molar-refractivity contribution >= 4 is 0 Å². The second-order valence-electron chi connectivity index (χ2n) is 4.50. The molecule has 0 amide bonds. The molecule has 0 heterocycles. The lowest BCUT2D eigenvalue weighted by atomic mass is 9.85. The van der Waals surface area contributed by atoms with Gasteiger partial charge in [-0.25, -0.2) is 0 Å². The molecule has 0 bridgehead atoms. The third-order valence-electron chi connectivity index (χ3n) is 3.22. The maximum atomic E-state index is 9.90. The van der Waals surface area contributed by atoms with Gasteiger partial charge in [0.05, 0.1) is 0 Å². The molecule has 0 spiro atoms. The van der Waals surface area contributed by atoms with Crippen LogP contribution in [0.5, 0.6) is 5.75 Å². The van der Waals surface area contributed by atoms with Crippen LogP contribution >= 0.6 is 0 Å². The van der Waals surface area contributed by atoms with Crippen LogP contribution in [0, 0.1) is 17.9 Å². The van der Waals surface area contributed by atoms with Gasteiger partial charge >= 0.3 is 0 Å². The van der Waals surface area contributed by atoms with Gasteiger partial charge in [0.25, 0.3) is 0 Å². The summed E-state index contributed by atoms with van der Waals surface area (Å²) in [5.74, 6) is 3.83. The minimum Gasteiger partial charge on any atom is -0.407 e. The van der Waals surface area contributed by atoms with Gasteiger partial charge in [-0.3, -0.25) is 0 Å². The van der Waals surface area contributed by atoms with Gasteiger partial charge < -0.3 is 9.84 Å². The predicted molar refractivity (Wildman–Crippen MR) is 67.4 cm³/mol. The minimum absolute atomic E-state index is 0.329. The van der Waals surface area contributed by atoms with Crippen LogP contribution in [0.25, 0.3) is 0 Å². The Morgan fingerprint density at radius 3 is 2.53 bits per heavy atom. The van der Waals surface area contributed by atoms with Crippen molar-refractivity contribution in [3.05, 3.63) is 30.3 Å². The SMILES string of the molecule is OC(C#COc1ccccc1)C1CCCCC1. The number of benzene rings is 1. The smallest absolute Gasteiger partial charge is 0.140 e. The fourth-order valence-electron chi connectivity index (χ4n) is 2.21. The first-order valence-electron chi connectivity index (χ1n) is 6.27. The van der Waals surface area contributed by atoms with Crippen molar-refractivity contribution in [2.75, 3.05) is 0 Å². The first-order chi connectivity index (χ1) is 8.36. The molecular weight excluding hydrogens is 212 g/mol. The van der Waals surface area contributed by atoms with E-state index in [0.29, 0.717) is 5.92 Å². The molecule has 1 aliphatic carbocycles. The molecule has 0 aromatic heterocycles. The molecule has 2 heteroatoms. The molecule has 90 valence electrons. The summed E-state index contributed by atoms with van der Waals surface area (Å²) in [5.41, 5.74) is 0. The lowest BCUT2D eigenvalue weighted by Crippen LogP contribution is -2.21. The highest BCUT2D eigenvalue weighted by molar-refractivity contribution is 5.23. The van der Waals surface area contributed by atoms with E-state index in [4.69, 9.17) is 4.74 Å². The normalized spacial score (nSPS) is 17.9. The number of ether oxygens (including phenoxy) is 1. The zero-order chi connectivity index (χ0) is 11.9. The van der Waals surface area contributed by atoms with E-state index in [9.17, 15) is 5.11 Å². The number of hydrogen-bond donors (Lipinski definition) is 1. The van der Waals surface area contributed by atoms with Gasteiger partial charge in [-0.05, 0) is 36.8 Å². The van der Waals surface area contributed by atoms with Gasteiger partial charge in [0.2, 0.25) is 0 Å². The van der Waals surface area contributed by atoms with Crippen LogP contribution in [0.2, 0.25) is 0 Å². The number of para-hydroxylation sites is 1. The predicted octanol–water partition coefficient (Wildman–Crippen LogP) is 2.97. The van der Waals surface area contributed by atoms with Gasteiger partial charge in [-0.15, -0.1) is 0 Å². The van der Waals surface area contributed by atoms with Crippen LogP contribution in [0.3, 0.4) is 0 Å². The average Bonchev–Trinajstić information content (AvgIpc) is 2.41. The van der Waals surface area contributed by atoms with E-state index < -0.39 is 6.10 Å². The Kier molecular flexibility index (Phi) is 4.46. The van der Waals surface area contributed by atoms with E-state index in [1.807, 2.05) is 30.3 Å². The maximum Gasteiger partial charge on any atom is 0.140 e. The van der Waals surface area contributed by atoms with Gasteiger partial charge in [0, 0.05) is 0 Å². The largest absolute Gasteiger partial charge is 0.407 e. The molecule has 2 rings (SSSR count). The van der Waals surface area contributed by atoms with Crippen molar-refractivity contribution in [2.24, 2.45) is 5.92 Å². The zero-order valence-corrected chi connectivity index (χ0v) is 9.93. The van der Waals surface area contributed by atoms with E-state index in [2.05, 4.69) is 12.0 Å². The standard InChI is InChI=1S/C15H18O2/c16-15(13-7-3-1-4-8-13)11-12-17-14-9-5-2-6-10-14/h2,5-6,9-10,13,15-16H,1,3-4,7-8H2. The molecule has 1 atom stereocenters. The summed E-state index contributed by atoms with van der Waals surface area (Å²) in [5, 5.41) is 9.90. The average molecular weight is 230 g/mol. The van der Waals surface area contributed by atoms with Gasteiger partial charge in [0.15, 0.2) is 0 Å². The Bertz CT molecular complexity index is 382. The summed E-state index contributed by atoms with van der Waals surface area (Å²) in [6, 6.07) is 9.42. The van der Waals surface area contributed by atoms with E-state index in [0.717, 1.165) is 18.6 Å². The summed E-state index contributed by atoms with van der Waals surface area (Å²) in [7, 11) is 0. The number of hydrogen-bond acceptors (Lipinski definition) is 2. The van der Waals surface area contributed by atoms with Crippen LogP contribution < -0.4 is 4.74 Å². The molecule has 0 saturated heterocycles. The van der Waals surface area contributed by atoms with Crippen molar-refractivity contribution in [2.45, 2.75) is 38.2 Å². The third-order valence-corrected chi connectivity index (χ3v) is 3.22. The Labute approximate surface area is 103 Å². The van der Waals surface area contributed by atoms with Crippen molar-refractivity contribution in [3.8, 4) is 17.8 Å². The van der Waals surface area contributed by atoms with Crippen LogP contribution in [0.4, 0.5) is 0 Å². The van der Waals surface area contributed by atoms with Crippen LogP contribution in [-0.4, -0.2) is 11.2 Å². The van der Waals surface area contributed by atoms with Gasteiger partial charge in [-0.1, -0.05) is 37.5 Å². The Balaban J connectivity index is 1.84. The third kappa shape index (κ3) is 3.80. The summed E-state index contributed by atoms with van der Waals surface area (Å²) in [6.07, 6.45) is 7.94. The second kappa shape index (κ2) is 6.32. The second-order valence-corrected chi connectivity index (χ2v) is 4.50. The molecule has 1 aromatic rings. The molecule has 1 N–H and O–H groups in total. The molecule has 1 saturated carbocycles. The molecule has 2 nitrogen and oxygen atoms in total. The van der Waals surface area contributed by atoms with Crippen LogP contribution in [-0.2, 0) is 0 Å². The Morgan fingerprint density at radius 2 is 1.82 bits per heavy atom. The number of aliphatic hydroxyl groups excluding tert-OH is 1. The van der Waals surface area contributed by atoms with E-state index in [1.165, 1.54) is 19.3 Å². The molecule has 0 radical (unpaired) electrons. The molecule has 0 aliphatic heterocycles. The molecule has 1 aliphatic rings. The van der Waals surface area contributed by atoms with E-state index in [-0.39, 0.29) is 0 Å². The number of aliphatic hydroxyl groups is 1. The summed E-state index contributed by atoms with van der Waals surface area (Å²) in [6.45, 7) is 0. The monoisotopic (exact) mass is 230 g/mol. The van der Waals surface area contributed by atoms with Crippen molar-refractivity contribution in [3.63, 3.8) is 0 Å². The fraction of sp³-hybridized carbons (Fsp3) is 0.467. The maximum absolute atomic E-state index is 9.90. The molecule has 1 unspecified atom stereocenters. The molecule has 1 fully saturated rings. The molecule has 1 aromatic carbocycles. The molecule has 17 heavy (non-hydrogen) atoms. The number of rotatable bonds is 2. The Hall–Kier alpha value is -1.46. The first kappa shape index (κ1) is 12.0. The zero-order valence-electron chi connectivity index (χ0n) is 9.93.